The number of hydrogen-bond donors (Lipinski definition) is 2. The second kappa shape index (κ2) is 24.9. The molecule has 10 heteroatoms. The molecule has 0 bridgehead atoms. The van der Waals surface area contributed by atoms with Gasteiger partial charge in [-0.25, -0.2) is 9.59 Å². The molecule has 4 atom stereocenters. The number of carbonyl (C=O) groups excluding carboxylic acids is 3. The molecule has 0 saturated heterocycles. The summed E-state index contributed by atoms with van der Waals surface area (Å²) in [6.45, 7) is 11.1. The first-order chi connectivity index (χ1) is 23.8. The number of unbranched alkanes of at least 4 members (excludes halogenated alkanes) is 8. The van der Waals surface area contributed by atoms with Gasteiger partial charge < -0.3 is 24.6 Å². The highest BCUT2D eigenvalue weighted by Crippen LogP contribution is 2.30. The Morgan fingerprint density at radius 1 is 0.940 bits per heavy atom. The number of esters is 2. The molecular weight excluding hydrogens is 655 g/mol. The summed E-state index contributed by atoms with van der Waals surface area (Å²) in [7, 11) is 0.473. The van der Waals surface area contributed by atoms with Crippen LogP contribution in [0.3, 0.4) is 0 Å². The van der Waals surface area contributed by atoms with E-state index in [-0.39, 0.29) is 19.4 Å². The van der Waals surface area contributed by atoms with Crippen molar-refractivity contribution in [3.05, 3.63) is 42.0 Å². The second-order valence-electron chi connectivity index (χ2n) is 13.7. The monoisotopic (exact) mass is 717 g/mol. The van der Waals surface area contributed by atoms with Crippen molar-refractivity contribution in [2.24, 2.45) is 5.92 Å². The van der Waals surface area contributed by atoms with E-state index in [1.807, 2.05) is 6.92 Å². The summed E-state index contributed by atoms with van der Waals surface area (Å²) in [5, 5.41) is 14.6. The van der Waals surface area contributed by atoms with Gasteiger partial charge in [-0.2, -0.15) is 0 Å². The van der Waals surface area contributed by atoms with Crippen molar-refractivity contribution >= 4 is 28.6 Å². The molecule has 1 aromatic rings. The fourth-order valence-electron chi connectivity index (χ4n) is 5.42. The molecule has 1 rings (SSSR count). The van der Waals surface area contributed by atoms with Gasteiger partial charge >= 0.3 is 11.9 Å². The SMILES string of the molecule is CC#CCOc1ccc(C[C@H](NC(=O)[C@@H](/C=C/CCCCCCS(=O)CCCCCCC)[C@@](O)(CCC)C(=O)OC(C)(C)C)C(=O)OC)cc1. The topological polar surface area (TPSA) is 128 Å². The van der Waals surface area contributed by atoms with E-state index in [0.717, 1.165) is 55.6 Å². The highest BCUT2D eigenvalue weighted by molar-refractivity contribution is 7.84. The van der Waals surface area contributed by atoms with E-state index in [1.165, 1.54) is 26.4 Å². The van der Waals surface area contributed by atoms with E-state index in [2.05, 4.69) is 24.1 Å². The van der Waals surface area contributed by atoms with E-state index in [0.29, 0.717) is 18.6 Å². The van der Waals surface area contributed by atoms with Gasteiger partial charge in [0.2, 0.25) is 5.91 Å². The van der Waals surface area contributed by atoms with Gasteiger partial charge in [0.05, 0.1) is 13.0 Å². The van der Waals surface area contributed by atoms with Crippen LogP contribution in [0.4, 0.5) is 0 Å². The molecular formula is C40H63NO8S. The van der Waals surface area contributed by atoms with E-state index in [9.17, 15) is 23.7 Å². The maximum Gasteiger partial charge on any atom is 0.339 e. The molecule has 0 saturated carbocycles. The molecule has 1 aromatic carbocycles. The van der Waals surface area contributed by atoms with Crippen LogP contribution < -0.4 is 10.1 Å². The van der Waals surface area contributed by atoms with Crippen LogP contribution in [0.25, 0.3) is 0 Å². The third-order valence-electron chi connectivity index (χ3n) is 8.13. The summed E-state index contributed by atoms with van der Waals surface area (Å²) in [4.78, 5) is 40.3. The van der Waals surface area contributed by atoms with Crippen LogP contribution in [0.1, 0.15) is 124 Å². The van der Waals surface area contributed by atoms with Crippen molar-refractivity contribution in [2.75, 3.05) is 25.2 Å². The van der Waals surface area contributed by atoms with Crippen molar-refractivity contribution in [1.29, 1.82) is 0 Å². The third kappa shape index (κ3) is 18.2. The van der Waals surface area contributed by atoms with E-state index in [4.69, 9.17) is 14.2 Å². The van der Waals surface area contributed by atoms with Crippen LogP contribution >= 0.6 is 0 Å². The second-order valence-corrected chi connectivity index (χ2v) is 15.4. The Balaban J connectivity index is 3.03. The molecule has 1 unspecified atom stereocenters. The summed E-state index contributed by atoms with van der Waals surface area (Å²) < 4.78 is 28.5. The number of hydrogen-bond acceptors (Lipinski definition) is 8. The predicted octanol–water partition coefficient (Wildman–Crippen LogP) is 7.00. The first kappa shape index (κ1) is 44.9. The third-order valence-corrected chi connectivity index (χ3v) is 9.62. The minimum absolute atomic E-state index is 0.0210. The van der Waals surface area contributed by atoms with Gasteiger partial charge in [-0.15, -0.1) is 5.92 Å². The molecule has 2 N–H and O–H groups in total. The quantitative estimate of drug-likeness (QED) is 0.0479. The Bertz CT molecular complexity index is 1260. The number of allylic oxidation sites excluding steroid dienone is 1. The van der Waals surface area contributed by atoms with Gasteiger partial charge in [0.1, 0.15) is 24.0 Å². The standard InChI is InChI=1S/C40H63NO8S/c1-8-11-13-17-20-29-50(46)30-21-18-15-14-16-19-22-34(40(45,27-10-3)38(44)49-39(4,5)6)36(42)41-35(37(43)47-7)31-32-23-25-33(26-24-32)48-28-12-9-2/h19,22-26,34-35,45H,8,10-11,13-18,20-21,27-31H2,1-7H3,(H,41,42)/b22-19+/t34-,35+,40+,50?/m1/s1. The molecule has 9 nitrogen and oxygen atoms in total. The Morgan fingerprint density at radius 3 is 2.12 bits per heavy atom. The largest absolute Gasteiger partial charge is 0.481 e. The van der Waals surface area contributed by atoms with Crippen LogP contribution in [0.2, 0.25) is 0 Å². The Kier molecular flexibility index (Phi) is 22.3. The van der Waals surface area contributed by atoms with Crippen LogP contribution in [0.5, 0.6) is 5.75 Å². The van der Waals surface area contributed by atoms with E-state index >= 15 is 0 Å². The Morgan fingerprint density at radius 2 is 1.56 bits per heavy atom. The summed E-state index contributed by atoms with van der Waals surface area (Å²) in [5.41, 5.74) is -2.31. The normalized spacial score (nSPS) is 14.5. The lowest BCUT2D eigenvalue weighted by molar-refractivity contribution is -0.184. The van der Waals surface area contributed by atoms with E-state index < -0.39 is 51.8 Å². The van der Waals surface area contributed by atoms with Crippen LogP contribution in [0, 0.1) is 17.8 Å². The lowest BCUT2D eigenvalue weighted by Gasteiger charge is -2.34. The van der Waals surface area contributed by atoms with Gasteiger partial charge in [-0.1, -0.05) is 89.0 Å². The van der Waals surface area contributed by atoms with Gasteiger partial charge in [-0.05, 0) is 77.5 Å². The number of nitrogens with one attached hydrogen (secondary N) is 1. The minimum Gasteiger partial charge on any atom is -0.481 e. The smallest absolute Gasteiger partial charge is 0.339 e. The van der Waals surface area contributed by atoms with E-state index in [1.54, 1.807) is 64.1 Å². The average Bonchev–Trinajstić information content (AvgIpc) is 3.06. The van der Waals surface area contributed by atoms with Crippen molar-refractivity contribution in [3.63, 3.8) is 0 Å². The fraction of sp³-hybridized carbons (Fsp3) is 0.675. The number of aliphatic hydroxyl groups is 1. The lowest BCUT2D eigenvalue weighted by Crippen LogP contribution is -2.56. The van der Waals surface area contributed by atoms with Gasteiger partial charge in [-0.3, -0.25) is 9.00 Å². The first-order valence-corrected chi connectivity index (χ1v) is 19.8. The number of rotatable bonds is 25. The molecule has 282 valence electrons. The van der Waals surface area contributed by atoms with Crippen molar-refractivity contribution < 1.29 is 37.9 Å². The van der Waals surface area contributed by atoms with Gasteiger partial charge in [0.25, 0.3) is 0 Å². The molecule has 0 spiro atoms. The number of methoxy groups -OCH3 is 1. The molecule has 0 radical (unpaired) electrons. The van der Waals surface area contributed by atoms with Gasteiger partial charge in [0, 0.05) is 28.7 Å². The Hall–Kier alpha value is -3.16. The molecule has 0 aromatic heterocycles. The first-order valence-electron chi connectivity index (χ1n) is 18.3. The lowest BCUT2D eigenvalue weighted by atomic mass is 9.81. The predicted molar refractivity (Wildman–Crippen MR) is 201 cm³/mol. The molecule has 0 aliphatic carbocycles. The maximum atomic E-state index is 14.0. The zero-order valence-corrected chi connectivity index (χ0v) is 32.5. The van der Waals surface area contributed by atoms with Crippen LogP contribution in [0.15, 0.2) is 36.4 Å². The summed E-state index contributed by atoms with van der Waals surface area (Å²) >= 11 is 0. The molecule has 0 aliphatic heterocycles. The van der Waals surface area contributed by atoms with Crippen LogP contribution in [-0.4, -0.2) is 69.6 Å². The molecule has 0 aliphatic rings. The summed E-state index contributed by atoms with van der Waals surface area (Å²) in [6.07, 6.45) is 13.9. The molecule has 0 heterocycles. The number of amides is 1. The molecule has 0 fully saturated rings. The highest BCUT2D eigenvalue weighted by atomic mass is 32.2. The number of carbonyl (C=O) groups is 3. The highest BCUT2D eigenvalue weighted by Gasteiger charge is 2.49. The zero-order chi connectivity index (χ0) is 37.4. The number of ether oxygens (including phenoxy) is 3. The average molecular weight is 718 g/mol. The molecule has 1 amide bonds. The van der Waals surface area contributed by atoms with Crippen LogP contribution in [-0.2, 0) is 41.1 Å². The van der Waals surface area contributed by atoms with Crippen molar-refractivity contribution in [1.82, 2.24) is 5.32 Å². The summed E-state index contributed by atoms with van der Waals surface area (Å²) in [6, 6.07) is 6.01. The Labute approximate surface area is 304 Å². The summed E-state index contributed by atoms with van der Waals surface area (Å²) in [5.74, 6) is 4.16. The minimum atomic E-state index is -2.16. The fourth-order valence-corrected chi connectivity index (χ4v) is 6.68. The zero-order valence-electron chi connectivity index (χ0n) is 31.6. The van der Waals surface area contributed by atoms with Gasteiger partial charge in [0.15, 0.2) is 5.60 Å². The number of benzene rings is 1. The van der Waals surface area contributed by atoms with Crippen molar-refractivity contribution in [2.45, 2.75) is 142 Å². The van der Waals surface area contributed by atoms with Crippen molar-refractivity contribution in [3.8, 4) is 17.6 Å². The molecule has 50 heavy (non-hydrogen) atoms. The maximum absolute atomic E-state index is 14.0.